The Morgan fingerprint density at radius 1 is 1.11 bits per heavy atom. The molecule has 2 aromatic rings. The molecule has 2 heterocycles. The Morgan fingerprint density at radius 2 is 1.82 bits per heavy atom. The van der Waals surface area contributed by atoms with Crippen LogP contribution in [0.1, 0.15) is 41.9 Å². The SMILES string of the molecule is Cc1ccc(CCOC(=O)C2C(c3ccc(Cl)cc3)C[C@H]3CCC2N3C)cc1. The first-order chi connectivity index (χ1) is 13.5. The number of rotatable bonds is 5. The van der Waals surface area contributed by atoms with Gasteiger partial charge in [0.1, 0.15) is 0 Å². The fourth-order valence-electron chi connectivity index (χ4n) is 4.96. The van der Waals surface area contributed by atoms with Crippen LogP contribution in [-0.2, 0) is 16.0 Å². The van der Waals surface area contributed by atoms with Gasteiger partial charge in [-0.3, -0.25) is 9.69 Å². The van der Waals surface area contributed by atoms with E-state index in [4.69, 9.17) is 16.3 Å². The quantitative estimate of drug-likeness (QED) is 0.665. The number of aryl methyl sites for hydroxylation is 1. The van der Waals surface area contributed by atoms with Crippen molar-refractivity contribution in [2.75, 3.05) is 13.7 Å². The maximum Gasteiger partial charge on any atom is 0.311 e. The summed E-state index contributed by atoms with van der Waals surface area (Å²) in [6.07, 6.45) is 4.00. The summed E-state index contributed by atoms with van der Waals surface area (Å²) in [4.78, 5) is 15.6. The lowest BCUT2D eigenvalue weighted by Crippen LogP contribution is -2.49. The topological polar surface area (TPSA) is 29.5 Å². The molecule has 3 nitrogen and oxygen atoms in total. The standard InChI is InChI=1S/C24H28ClNO2/c1-16-3-5-17(6-4-16)13-14-28-24(27)23-21(18-7-9-19(25)10-8-18)15-20-11-12-22(23)26(20)2/h3-10,20-23H,11-15H2,1-2H3/t20-,21?,22?,23?/m1/s1. The van der Waals surface area contributed by atoms with E-state index in [1.54, 1.807) is 0 Å². The molecule has 148 valence electrons. The van der Waals surface area contributed by atoms with Gasteiger partial charge in [0.2, 0.25) is 0 Å². The summed E-state index contributed by atoms with van der Waals surface area (Å²) in [6.45, 7) is 2.51. The lowest BCUT2D eigenvalue weighted by molar-refractivity contribution is -0.153. The van der Waals surface area contributed by atoms with E-state index in [2.05, 4.69) is 55.3 Å². The highest BCUT2D eigenvalue weighted by Crippen LogP contribution is 2.46. The van der Waals surface area contributed by atoms with E-state index in [1.165, 1.54) is 23.1 Å². The second-order valence-corrected chi connectivity index (χ2v) is 8.72. The van der Waals surface area contributed by atoms with Gasteiger partial charge in [-0.05, 0) is 56.5 Å². The molecule has 2 saturated heterocycles. The van der Waals surface area contributed by atoms with Crippen molar-refractivity contribution in [1.29, 1.82) is 0 Å². The minimum absolute atomic E-state index is 0.0516. The first-order valence-electron chi connectivity index (χ1n) is 10.2. The maximum absolute atomic E-state index is 13.2. The lowest BCUT2D eigenvalue weighted by Gasteiger charge is -2.42. The third-order valence-corrected chi connectivity index (χ3v) is 6.85. The number of halogens is 1. The number of piperidine rings is 1. The summed E-state index contributed by atoms with van der Waals surface area (Å²) < 4.78 is 5.80. The number of esters is 1. The summed E-state index contributed by atoms with van der Waals surface area (Å²) in [5, 5.41) is 0.733. The molecule has 2 bridgehead atoms. The molecular formula is C24H28ClNO2. The predicted octanol–water partition coefficient (Wildman–Crippen LogP) is 5.00. The zero-order chi connectivity index (χ0) is 19.7. The van der Waals surface area contributed by atoms with Gasteiger partial charge in [-0.15, -0.1) is 0 Å². The number of hydrogen-bond acceptors (Lipinski definition) is 3. The summed E-state index contributed by atoms with van der Waals surface area (Å²) in [5.74, 6) is 0.0463. The van der Waals surface area contributed by atoms with E-state index in [9.17, 15) is 4.79 Å². The van der Waals surface area contributed by atoms with Crippen LogP contribution in [0.15, 0.2) is 48.5 Å². The molecule has 0 spiro atoms. The second kappa shape index (κ2) is 8.26. The monoisotopic (exact) mass is 397 g/mol. The molecule has 2 aromatic carbocycles. The van der Waals surface area contributed by atoms with E-state index in [0.717, 1.165) is 24.3 Å². The number of hydrogen-bond donors (Lipinski definition) is 0. The molecule has 0 aliphatic carbocycles. The van der Waals surface area contributed by atoms with Gasteiger partial charge in [0.15, 0.2) is 0 Å². The number of carbonyl (C=O) groups excluding carboxylic acids is 1. The van der Waals surface area contributed by atoms with Crippen molar-refractivity contribution in [2.24, 2.45) is 5.92 Å². The zero-order valence-corrected chi connectivity index (χ0v) is 17.4. The van der Waals surface area contributed by atoms with Gasteiger partial charge >= 0.3 is 5.97 Å². The number of fused-ring (bicyclic) bond motifs is 2. The largest absolute Gasteiger partial charge is 0.465 e. The fourth-order valence-corrected chi connectivity index (χ4v) is 5.09. The molecule has 0 saturated carbocycles. The molecule has 0 aromatic heterocycles. The molecule has 4 rings (SSSR count). The van der Waals surface area contributed by atoms with Gasteiger partial charge in [0, 0.05) is 29.4 Å². The first kappa shape index (κ1) is 19.5. The van der Waals surface area contributed by atoms with Crippen molar-refractivity contribution in [1.82, 2.24) is 4.90 Å². The summed E-state index contributed by atoms with van der Waals surface area (Å²) in [5.41, 5.74) is 3.65. The zero-order valence-electron chi connectivity index (χ0n) is 16.6. The number of carbonyl (C=O) groups is 1. The molecule has 0 amide bonds. The number of ether oxygens (including phenoxy) is 1. The van der Waals surface area contributed by atoms with Gasteiger partial charge in [-0.25, -0.2) is 0 Å². The lowest BCUT2D eigenvalue weighted by atomic mass is 9.76. The van der Waals surface area contributed by atoms with Crippen LogP contribution in [0.5, 0.6) is 0 Å². The highest BCUT2D eigenvalue weighted by molar-refractivity contribution is 6.30. The Morgan fingerprint density at radius 3 is 2.54 bits per heavy atom. The van der Waals surface area contributed by atoms with Gasteiger partial charge in [-0.1, -0.05) is 53.6 Å². The Kier molecular flexibility index (Phi) is 5.75. The number of nitrogens with zero attached hydrogens (tertiary/aromatic N) is 1. The Balaban J connectivity index is 1.47. The van der Waals surface area contributed by atoms with Crippen molar-refractivity contribution in [2.45, 2.75) is 50.6 Å². The van der Waals surface area contributed by atoms with Crippen molar-refractivity contribution < 1.29 is 9.53 Å². The number of benzene rings is 2. The van der Waals surface area contributed by atoms with Crippen molar-refractivity contribution in [3.8, 4) is 0 Å². The molecule has 0 radical (unpaired) electrons. The van der Waals surface area contributed by atoms with Crippen molar-refractivity contribution >= 4 is 17.6 Å². The Bertz CT molecular complexity index is 818. The maximum atomic E-state index is 13.2. The molecule has 2 aliphatic heterocycles. The molecular weight excluding hydrogens is 370 g/mol. The van der Waals surface area contributed by atoms with Crippen molar-refractivity contribution in [3.63, 3.8) is 0 Å². The third-order valence-electron chi connectivity index (χ3n) is 6.59. The van der Waals surface area contributed by atoms with Crippen LogP contribution >= 0.6 is 11.6 Å². The van der Waals surface area contributed by atoms with Gasteiger partial charge in [0.05, 0.1) is 12.5 Å². The van der Waals surface area contributed by atoms with E-state index >= 15 is 0 Å². The second-order valence-electron chi connectivity index (χ2n) is 8.29. The Hall–Kier alpha value is -1.84. The summed E-state index contributed by atoms with van der Waals surface area (Å²) in [6, 6.07) is 17.2. The molecule has 28 heavy (non-hydrogen) atoms. The summed E-state index contributed by atoms with van der Waals surface area (Å²) in [7, 11) is 2.16. The highest BCUT2D eigenvalue weighted by Gasteiger charge is 2.49. The average molecular weight is 398 g/mol. The molecule has 0 N–H and O–H groups in total. The van der Waals surface area contributed by atoms with Gasteiger partial charge < -0.3 is 4.74 Å². The Labute approximate surface area is 172 Å². The van der Waals surface area contributed by atoms with E-state index in [0.29, 0.717) is 12.6 Å². The minimum atomic E-state index is -0.108. The van der Waals surface area contributed by atoms with Crippen LogP contribution < -0.4 is 0 Å². The molecule has 4 heteroatoms. The van der Waals surface area contributed by atoms with E-state index in [-0.39, 0.29) is 23.8 Å². The fraction of sp³-hybridized carbons (Fsp3) is 0.458. The molecule has 2 aliphatic rings. The van der Waals surface area contributed by atoms with Crippen molar-refractivity contribution in [3.05, 3.63) is 70.2 Å². The molecule has 2 fully saturated rings. The van der Waals surface area contributed by atoms with E-state index in [1.807, 2.05) is 12.1 Å². The average Bonchev–Trinajstić information content (AvgIpc) is 2.92. The summed E-state index contributed by atoms with van der Waals surface area (Å²) >= 11 is 6.08. The smallest absolute Gasteiger partial charge is 0.311 e. The molecule has 4 atom stereocenters. The van der Waals surface area contributed by atoms with Crippen LogP contribution in [0.3, 0.4) is 0 Å². The molecule has 3 unspecified atom stereocenters. The van der Waals surface area contributed by atoms with E-state index < -0.39 is 0 Å². The van der Waals surface area contributed by atoms with Crippen LogP contribution in [0.2, 0.25) is 5.02 Å². The van der Waals surface area contributed by atoms with Gasteiger partial charge in [0.25, 0.3) is 0 Å². The normalized spacial score (nSPS) is 27.0. The highest BCUT2D eigenvalue weighted by atomic mass is 35.5. The third kappa shape index (κ3) is 3.97. The first-order valence-corrected chi connectivity index (χ1v) is 10.6. The van der Waals surface area contributed by atoms with Gasteiger partial charge in [-0.2, -0.15) is 0 Å². The predicted molar refractivity (Wildman–Crippen MR) is 113 cm³/mol. The van der Waals surface area contributed by atoms with Crippen LogP contribution in [0.25, 0.3) is 0 Å². The minimum Gasteiger partial charge on any atom is -0.465 e. The van der Waals surface area contributed by atoms with Crippen LogP contribution in [0, 0.1) is 12.8 Å². The van der Waals surface area contributed by atoms with Crippen LogP contribution in [-0.4, -0.2) is 36.6 Å². The van der Waals surface area contributed by atoms with Crippen LogP contribution in [0.4, 0.5) is 0 Å².